The molecule has 1 aliphatic rings. The molecule has 0 amide bonds. The molecular formula is C26H24OSi. The summed E-state index contributed by atoms with van der Waals surface area (Å²) in [4.78, 5) is 0. The Morgan fingerprint density at radius 2 is 1.25 bits per heavy atom. The van der Waals surface area contributed by atoms with Crippen molar-refractivity contribution in [2.75, 3.05) is 0 Å². The Balaban J connectivity index is 1.66. The zero-order chi connectivity index (χ0) is 19.0. The molecule has 1 saturated heterocycles. The van der Waals surface area contributed by atoms with Crippen LogP contribution in [0.4, 0.5) is 0 Å². The molecule has 1 nitrogen and oxygen atoms in total. The van der Waals surface area contributed by atoms with Gasteiger partial charge in [-0.15, -0.1) is 0 Å². The largest absolute Gasteiger partial charge is 0.401 e. The van der Waals surface area contributed by atoms with Crippen LogP contribution in [0.2, 0.25) is 5.54 Å². The van der Waals surface area contributed by atoms with E-state index in [4.69, 9.17) is 4.43 Å². The van der Waals surface area contributed by atoms with Crippen molar-refractivity contribution in [2.24, 2.45) is 0 Å². The highest BCUT2D eigenvalue weighted by molar-refractivity contribution is 6.98. The molecule has 0 spiro atoms. The summed E-state index contributed by atoms with van der Waals surface area (Å²) in [6.07, 6.45) is 1.19. The van der Waals surface area contributed by atoms with Gasteiger partial charge in [0.05, 0.1) is 6.10 Å². The standard InChI is InChI=1S/C26H24OSi/c1-20-19-26(25-18-10-12-21-11-8-9-17-24(21)25)27-28(20,22-13-4-2-5-14-22)23-15-6-3-7-16-23/h2-18,20,26H,19H2,1H3/t20-,26+/m1/s1. The summed E-state index contributed by atoms with van der Waals surface area (Å²) in [5.41, 5.74) is 1.83. The monoisotopic (exact) mass is 380 g/mol. The summed E-state index contributed by atoms with van der Waals surface area (Å²) in [6, 6.07) is 37.1. The lowest BCUT2D eigenvalue weighted by atomic mass is 9.98. The summed E-state index contributed by atoms with van der Waals surface area (Å²) in [7, 11) is -2.32. The van der Waals surface area contributed by atoms with Crippen LogP contribution in [0.15, 0.2) is 103 Å². The molecule has 1 aliphatic heterocycles. The fourth-order valence-electron chi connectivity index (χ4n) is 4.84. The quantitative estimate of drug-likeness (QED) is 0.429. The molecule has 2 atom stereocenters. The van der Waals surface area contributed by atoms with Gasteiger partial charge in [-0.25, -0.2) is 0 Å². The Morgan fingerprint density at radius 1 is 0.679 bits per heavy atom. The number of hydrogen-bond donors (Lipinski definition) is 0. The lowest BCUT2D eigenvalue weighted by molar-refractivity contribution is 0.235. The van der Waals surface area contributed by atoms with E-state index in [9.17, 15) is 0 Å². The summed E-state index contributed by atoms with van der Waals surface area (Å²) >= 11 is 0. The van der Waals surface area contributed by atoms with E-state index < -0.39 is 8.32 Å². The van der Waals surface area contributed by atoms with Crippen LogP contribution in [0.3, 0.4) is 0 Å². The Hall–Kier alpha value is -2.68. The van der Waals surface area contributed by atoms with E-state index >= 15 is 0 Å². The van der Waals surface area contributed by atoms with Crippen LogP contribution in [-0.4, -0.2) is 8.32 Å². The molecular weight excluding hydrogens is 356 g/mol. The van der Waals surface area contributed by atoms with Gasteiger partial charge in [-0.1, -0.05) is 110 Å². The van der Waals surface area contributed by atoms with E-state index in [0.29, 0.717) is 5.54 Å². The van der Waals surface area contributed by atoms with Crippen LogP contribution >= 0.6 is 0 Å². The van der Waals surface area contributed by atoms with Gasteiger partial charge in [0.15, 0.2) is 0 Å². The molecule has 0 N–H and O–H groups in total. The van der Waals surface area contributed by atoms with Crippen molar-refractivity contribution in [3.8, 4) is 0 Å². The van der Waals surface area contributed by atoms with Gasteiger partial charge in [-0.2, -0.15) is 0 Å². The average Bonchev–Trinajstić information content (AvgIpc) is 3.12. The number of rotatable bonds is 3. The van der Waals surface area contributed by atoms with E-state index in [1.807, 2.05) is 0 Å². The van der Waals surface area contributed by atoms with Gasteiger partial charge in [0.2, 0.25) is 0 Å². The summed E-state index contributed by atoms with van der Waals surface area (Å²) < 4.78 is 7.17. The minimum absolute atomic E-state index is 0.133. The van der Waals surface area contributed by atoms with Gasteiger partial charge in [-0.05, 0) is 38.7 Å². The third-order valence-electron chi connectivity index (χ3n) is 6.17. The molecule has 0 unspecified atom stereocenters. The minimum atomic E-state index is -2.32. The molecule has 0 saturated carbocycles. The molecule has 0 aromatic heterocycles. The maximum atomic E-state index is 7.17. The number of benzene rings is 4. The van der Waals surface area contributed by atoms with Crippen molar-refractivity contribution in [1.29, 1.82) is 0 Å². The third kappa shape index (κ3) is 2.72. The van der Waals surface area contributed by atoms with E-state index in [1.54, 1.807) is 0 Å². The van der Waals surface area contributed by atoms with Gasteiger partial charge in [0.25, 0.3) is 8.32 Å². The Kier molecular flexibility index (Phi) is 4.38. The highest BCUT2D eigenvalue weighted by Crippen LogP contribution is 2.45. The lowest BCUT2D eigenvalue weighted by Crippen LogP contribution is -2.60. The van der Waals surface area contributed by atoms with Gasteiger partial charge < -0.3 is 4.43 Å². The highest BCUT2D eigenvalue weighted by atomic mass is 28.4. The average molecular weight is 381 g/mol. The van der Waals surface area contributed by atoms with Crippen LogP contribution in [0.25, 0.3) is 10.8 Å². The Bertz CT molecular complexity index is 1050. The van der Waals surface area contributed by atoms with Crippen LogP contribution in [-0.2, 0) is 4.43 Å². The number of fused-ring (bicyclic) bond motifs is 1. The molecule has 5 rings (SSSR count). The molecule has 0 radical (unpaired) electrons. The Labute approximate surface area is 167 Å². The second-order valence-electron chi connectivity index (χ2n) is 7.78. The zero-order valence-corrected chi connectivity index (χ0v) is 17.1. The molecule has 2 heteroatoms. The van der Waals surface area contributed by atoms with Crippen molar-refractivity contribution in [3.05, 3.63) is 109 Å². The molecule has 138 valence electrons. The zero-order valence-electron chi connectivity index (χ0n) is 16.1. The van der Waals surface area contributed by atoms with E-state index in [1.165, 1.54) is 26.7 Å². The van der Waals surface area contributed by atoms with Gasteiger partial charge >= 0.3 is 0 Å². The van der Waals surface area contributed by atoms with E-state index in [0.717, 1.165) is 6.42 Å². The molecule has 28 heavy (non-hydrogen) atoms. The molecule has 0 aliphatic carbocycles. The Morgan fingerprint density at radius 3 is 1.93 bits per heavy atom. The van der Waals surface area contributed by atoms with Crippen molar-refractivity contribution in [3.63, 3.8) is 0 Å². The molecule has 1 heterocycles. The van der Waals surface area contributed by atoms with E-state index in [2.05, 4.69) is 110 Å². The van der Waals surface area contributed by atoms with Crippen LogP contribution in [0.1, 0.15) is 25.0 Å². The van der Waals surface area contributed by atoms with Crippen LogP contribution < -0.4 is 10.4 Å². The fraction of sp³-hybridized carbons (Fsp3) is 0.154. The smallest absolute Gasteiger partial charge is 0.259 e. The topological polar surface area (TPSA) is 9.23 Å². The molecule has 4 aromatic rings. The molecule has 4 aromatic carbocycles. The summed E-state index contributed by atoms with van der Waals surface area (Å²) in [5, 5.41) is 5.34. The summed E-state index contributed by atoms with van der Waals surface area (Å²) in [6.45, 7) is 2.39. The van der Waals surface area contributed by atoms with Gasteiger partial charge in [-0.3, -0.25) is 0 Å². The highest BCUT2D eigenvalue weighted by Gasteiger charge is 2.52. The van der Waals surface area contributed by atoms with Gasteiger partial charge in [0.1, 0.15) is 0 Å². The van der Waals surface area contributed by atoms with Crippen LogP contribution in [0.5, 0.6) is 0 Å². The summed E-state index contributed by atoms with van der Waals surface area (Å²) in [5.74, 6) is 0. The van der Waals surface area contributed by atoms with Crippen molar-refractivity contribution in [2.45, 2.75) is 25.0 Å². The normalized spacial score (nSPS) is 21.0. The maximum Gasteiger partial charge on any atom is 0.259 e. The second kappa shape index (κ2) is 7.05. The first kappa shape index (κ1) is 17.4. The van der Waals surface area contributed by atoms with E-state index in [-0.39, 0.29) is 6.10 Å². The first-order valence-electron chi connectivity index (χ1n) is 10.1. The first-order valence-corrected chi connectivity index (χ1v) is 12.0. The SMILES string of the molecule is C[C@@H]1C[C@@H](c2cccc3ccccc23)O[Si]1(c1ccccc1)c1ccccc1. The van der Waals surface area contributed by atoms with Crippen LogP contribution in [0, 0.1) is 0 Å². The lowest BCUT2D eigenvalue weighted by Gasteiger charge is -2.31. The van der Waals surface area contributed by atoms with Crippen molar-refractivity contribution >= 4 is 29.5 Å². The molecule has 0 bridgehead atoms. The predicted molar refractivity (Wildman–Crippen MR) is 120 cm³/mol. The third-order valence-corrected chi connectivity index (χ3v) is 10.8. The van der Waals surface area contributed by atoms with Crippen molar-refractivity contribution < 1.29 is 4.43 Å². The first-order chi connectivity index (χ1) is 13.8. The second-order valence-corrected chi connectivity index (χ2v) is 11.6. The van der Waals surface area contributed by atoms with Crippen molar-refractivity contribution in [1.82, 2.24) is 0 Å². The minimum Gasteiger partial charge on any atom is -0.401 e. The number of hydrogen-bond acceptors (Lipinski definition) is 1. The maximum absolute atomic E-state index is 7.17. The molecule has 1 fully saturated rings. The van der Waals surface area contributed by atoms with Gasteiger partial charge in [0, 0.05) is 0 Å². The predicted octanol–water partition coefficient (Wildman–Crippen LogP) is 5.45. The fourth-order valence-corrected chi connectivity index (χ4v) is 9.41.